The second-order valence-corrected chi connectivity index (χ2v) is 4.14. The number of hydrogen-bond donors (Lipinski definition) is 1. The average molecular weight is 295 g/mol. The van der Waals surface area contributed by atoms with Gasteiger partial charge >= 0.3 is 0 Å². The molecule has 0 amide bonds. The molecule has 0 aromatic rings. The van der Waals surface area contributed by atoms with Crippen LogP contribution < -0.4 is 29.4 Å². The summed E-state index contributed by atoms with van der Waals surface area (Å²) >= 11 is 0. The Hall–Kier alpha value is -0.0600. The summed E-state index contributed by atoms with van der Waals surface area (Å²) in [6.45, 7) is 7.16. The van der Waals surface area contributed by atoms with E-state index in [9.17, 15) is 0 Å². The van der Waals surface area contributed by atoms with Crippen LogP contribution in [0.1, 0.15) is 33.6 Å². The Kier molecular flexibility index (Phi) is 4.96. The van der Waals surface area contributed by atoms with E-state index < -0.39 is 0 Å². The maximum atomic E-state index is 5.79. The van der Waals surface area contributed by atoms with E-state index in [1.54, 1.807) is 0 Å². The van der Waals surface area contributed by atoms with Gasteiger partial charge in [0.05, 0.1) is 6.61 Å². The summed E-state index contributed by atoms with van der Waals surface area (Å²) in [7, 11) is 0. The lowest BCUT2D eigenvalue weighted by Crippen LogP contribution is -3.00. The van der Waals surface area contributed by atoms with E-state index in [1.165, 1.54) is 0 Å². The molecule has 0 aliphatic heterocycles. The Bertz CT molecular complexity index is 221. The molecule has 0 bridgehead atoms. The van der Waals surface area contributed by atoms with Crippen molar-refractivity contribution in [2.45, 2.75) is 33.6 Å². The van der Waals surface area contributed by atoms with Gasteiger partial charge in [0.2, 0.25) is 0 Å². The first kappa shape index (κ1) is 12.9. The van der Waals surface area contributed by atoms with Crippen LogP contribution in [0.2, 0.25) is 0 Å². The van der Waals surface area contributed by atoms with Gasteiger partial charge < -0.3 is 28.7 Å². The molecule has 76 valence electrons. The first-order chi connectivity index (χ1) is 5.53. The first-order valence-corrected chi connectivity index (χ1v) is 4.48. The second-order valence-electron chi connectivity index (χ2n) is 4.14. The average Bonchev–Trinajstić information content (AvgIpc) is 1.82. The Morgan fingerprint density at radius 1 is 1.46 bits per heavy atom. The highest BCUT2D eigenvalue weighted by Crippen LogP contribution is 2.33. The van der Waals surface area contributed by atoms with Crippen LogP contribution in [-0.4, -0.2) is 12.3 Å². The SMILES string of the molecule is CCOC1=CC(=[NH2+])CC(C)(C)C1.[I-]. The van der Waals surface area contributed by atoms with Crippen LogP contribution in [0.4, 0.5) is 0 Å². The van der Waals surface area contributed by atoms with Gasteiger partial charge in [-0.25, -0.2) is 0 Å². The highest BCUT2D eigenvalue weighted by atomic mass is 127. The summed E-state index contributed by atoms with van der Waals surface area (Å²) in [5.41, 5.74) is 1.21. The molecule has 0 spiro atoms. The molecule has 0 heterocycles. The maximum absolute atomic E-state index is 5.79. The minimum atomic E-state index is 0. The summed E-state index contributed by atoms with van der Waals surface area (Å²) in [5, 5.41) is 5.79. The fraction of sp³-hybridized carbons (Fsp3) is 0.700. The molecule has 13 heavy (non-hydrogen) atoms. The summed E-state index contributed by atoms with van der Waals surface area (Å²) in [4.78, 5) is 0. The van der Waals surface area contributed by atoms with Crippen LogP contribution in [0.15, 0.2) is 11.8 Å². The maximum Gasteiger partial charge on any atom is 0.176 e. The zero-order valence-corrected chi connectivity index (χ0v) is 10.7. The van der Waals surface area contributed by atoms with Crippen molar-refractivity contribution in [2.24, 2.45) is 5.41 Å². The monoisotopic (exact) mass is 295 g/mol. The third-order valence-corrected chi connectivity index (χ3v) is 2.01. The van der Waals surface area contributed by atoms with Crippen molar-refractivity contribution in [1.82, 2.24) is 0 Å². The van der Waals surface area contributed by atoms with Crippen molar-refractivity contribution in [3.05, 3.63) is 11.8 Å². The highest BCUT2D eigenvalue weighted by molar-refractivity contribution is 5.91. The van der Waals surface area contributed by atoms with Gasteiger partial charge in [-0.3, -0.25) is 5.41 Å². The minimum Gasteiger partial charge on any atom is -1.00 e. The van der Waals surface area contributed by atoms with Gasteiger partial charge in [-0.15, -0.1) is 0 Å². The molecule has 0 fully saturated rings. The highest BCUT2D eigenvalue weighted by Gasteiger charge is 2.28. The standard InChI is InChI=1S/C10H17NO.HI/c1-4-12-9-5-8(11)6-10(2,3)7-9;/h5,11H,4,6-7H2,1-3H3;1H. The van der Waals surface area contributed by atoms with E-state index in [2.05, 4.69) is 13.8 Å². The summed E-state index contributed by atoms with van der Waals surface area (Å²) in [6, 6.07) is 0. The van der Waals surface area contributed by atoms with E-state index >= 15 is 0 Å². The second kappa shape index (κ2) is 4.98. The van der Waals surface area contributed by atoms with Gasteiger partial charge in [-0.2, -0.15) is 0 Å². The van der Waals surface area contributed by atoms with Crippen LogP contribution in [0.5, 0.6) is 0 Å². The third-order valence-electron chi connectivity index (χ3n) is 2.01. The van der Waals surface area contributed by atoms with Crippen molar-refractivity contribution in [1.29, 1.82) is 0 Å². The molecular weight excluding hydrogens is 277 g/mol. The number of ether oxygens (including phenoxy) is 1. The Balaban J connectivity index is 0.00000144. The lowest BCUT2D eigenvalue weighted by molar-refractivity contribution is -0.117. The van der Waals surface area contributed by atoms with Gasteiger partial charge in [0, 0.05) is 18.9 Å². The van der Waals surface area contributed by atoms with Crippen LogP contribution in [0.25, 0.3) is 0 Å². The number of rotatable bonds is 2. The smallest absolute Gasteiger partial charge is 0.176 e. The van der Waals surface area contributed by atoms with Gasteiger partial charge in [0.25, 0.3) is 0 Å². The van der Waals surface area contributed by atoms with Crippen LogP contribution in [0, 0.1) is 5.41 Å². The van der Waals surface area contributed by atoms with Crippen molar-refractivity contribution >= 4 is 5.71 Å². The van der Waals surface area contributed by atoms with E-state index in [-0.39, 0.29) is 29.4 Å². The van der Waals surface area contributed by atoms with Crippen LogP contribution >= 0.6 is 0 Å². The van der Waals surface area contributed by atoms with E-state index in [0.717, 1.165) is 30.9 Å². The van der Waals surface area contributed by atoms with E-state index in [0.29, 0.717) is 0 Å². The Morgan fingerprint density at radius 3 is 2.54 bits per heavy atom. The van der Waals surface area contributed by atoms with Gasteiger partial charge in [0.15, 0.2) is 5.71 Å². The predicted molar refractivity (Wildman–Crippen MR) is 49.7 cm³/mol. The van der Waals surface area contributed by atoms with Crippen molar-refractivity contribution in [2.75, 3.05) is 6.61 Å². The zero-order valence-electron chi connectivity index (χ0n) is 8.56. The lowest BCUT2D eigenvalue weighted by atomic mass is 9.79. The molecule has 0 saturated carbocycles. The summed E-state index contributed by atoms with van der Waals surface area (Å²) in [6.07, 6.45) is 3.94. The van der Waals surface area contributed by atoms with Gasteiger partial charge in [-0.1, -0.05) is 13.8 Å². The number of halogens is 1. The summed E-state index contributed by atoms with van der Waals surface area (Å²) < 4.78 is 5.45. The molecule has 1 aliphatic carbocycles. The predicted octanol–water partition coefficient (Wildman–Crippen LogP) is -2.07. The third kappa shape index (κ3) is 4.11. The molecule has 0 unspecified atom stereocenters. The number of nitrogens with two attached hydrogens (primary N) is 1. The van der Waals surface area contributed by atoms with Crippen molar-refractivity contribution in [3.63, 3.8) is 0 Å². The fourth-order valence-corrected chi connectivity index (χ4v) is 1.67. The quantitative estimate of drug-likeness (QED) is 0.584. The van der Waals surface area contributed by atoms with Crippen LogP contribution in [0.3, 0.4) is 0 Å². The van der Waals surface area contributed by atoms with E-state index in [1.807, 2.05) is 13.0 Å². The number of allylic oxidation sites excluding steroid dienone is 2. The molecule has 0 radical (unpaired) electrons. The first-order valence-electron chi connectivity index (χ1n) is 4.48. The largest absolute Gasteiger partial charge is 1.00 e. The van der Waals surface area contributed by atoms with Crippen molar-refractivity contribution in [3.8, 4) is 0 Å². The molecule has 2 N–H and O–H groups in total. The molecule has 3 heteroatoms. The molecule has 0 aromatic heterocycles. The number of hydrogen-bond acceptors (Lipinski definition) is 1. The normalized spacial score (nSPS) is 20.2. The van der Waals surface area contributed by atoms with Crippen LogP contribution in [-0.2, 0) is 4.74 Å². The summed E-state index contributed by atoms with van der Waals surface area (Å²) in [5.74, 6) is 1.03. The molecule has 0 saturated heterocycles. The molecule has 0 aromatic carbocycles. The molecule has 0 atom stereocenters. The van der Waals surface area contributed by atoms with E-state index in [4.69, 9.17) is 10.1 Å². The molecule has 1 aliphatic rings. The molecule has 2 nitrogen and oxygen atoms in total. The van der Waals surface area contributed by atoms with Gasteiger partial charge in [0.1, 0.15) is 5.76 Å². The minimum absolute atomic E-state index is 0. The fourth-order valence-electron chi connectivity index (χ4n) is 1.67. The molecular formula is C10H18INO. The Labute approximate surface area is 97.3 Å². The lowest BCUT2D eigenvalue weighted by Gasteiger charge is -2.27. The topological polar surface area (TPSA) is 34.8 Å². The van der Waals surface area contributed by atoms with Crippen molar-refractivity contribution < 1.29 is 34.1 Å². The Morgan fingerprint density at radius 2 is 2.08 bits per heavy atom. The van der Waals surface area contributed by atoms with Gasteiger partial charge in [-0.05, 0) is 12.3 Å². The zero-order chi connectivity index (χ0) is 9.19. The molecule has 1 rings (SSSR count).